The Bertz CT molecular complexity index is 547. The lowest BCUT2D eigenvalue weighted by Gasteiger charge is -2.30. The Morgan fingerprint density at radius 3 is 2.20 bits per heavy atom. The number of halogens is 2. The molecule has 0 amide bonds. The van der Waals surface area contributed by atoms with Crippen LogP contribution < -0.4 is 0 Å². The molecule has 0 unspecified atom stereocenters. The molecule has 112 valence electrons. The van der Waals surface area contributed by atoms with Crippen LogP contribution in [0, 0.1) is 5.41 Å². The van der Waals surface area contributed by atoms with Gasteiger partial charge in [0, 0.05) is 9.80 Å². The van der Waals surface area contributed by atoms with E-state index in [0.29, 0.717) is 9.37 Å². The molecule has 0 atom stereocenters. The van der Waals surface area contributed by atoms with E-state index in [1.165, 1.54) is 12.8 Å². The van der Waals surface area contributed by atoms with Crippen LogP contribution in [-0.4, -0.2) is 19.5 Å². The quantitative estimate of drug-likeness (QED) is 0.506. The summed E-state index contributed by atoms with van der Waals surface area (Å²) in [6, 6.07) is 7.11. The van der Waals surface area contributed by atoms with E-state index in [4.69, 9.17) is 0 Å². The van der Waals surface area contributed by atoms with E-state index in [2.05, 4.69) is 31.9 Å². The molecule has 20 heavy (non-hydrogen) atoms. The van der Waals surface area contributed by atoms with Crippen molar-refractivity contribution in [2.24, 2.45) is 5.41 Å². The second kappa shape index (κ2) is 6.93. The normalized spacial score (nSPS) is 19.5. The SMILES string of the molecule is O=S(=O)(CC1(CBr)CCCCCC1)c1ccccc1Br. The fourth-order valence-electron chi connectivity index (χ4n) is 2.97. The van der Waals surface area contributed by atoms with Crippen molar-refractivity contribution in [2.75, 3.05) is 11.1 Å². The van der Waals surface area contributed by atoms with E-state index >= 15 is 0 Å². The van der Waals surface area contributed by atoms with E-state index in [1.54, 1.807) is 18.2 Å². The monoisotopic (exact) mass is 422 g/mol. The molecular weight excluding hydrogens is 404 g/mol. The average Bonchev–Trinajstić information content (AvgIpc) is 2.64. The Morgan fingerprint density at radius 1 is 1.05 bits per heavy atom. The Hall–Kier alpha value is 0.130. The van der Waals surface area contributed by atoms with E-state index in [0.717, 1.165) is 31.0 Å². The van der Waals surface area contributed by atoms with Crippen molar-refractivity contribution in [2.45, 2.75) is 43.4 Å². The van der Waals surface area contributed by atoms with Crippen LogP contribution in [0.3, 0.4) is 0 Å². The van der Waals surface area contributed by atoms with Crippen LogP contribution in [0.25, 0.3) is 0 Å². The van der Waals surface area contributed by atoms with Gasteiger partial charge < -0.3 is 0 Å². The van der Waals surface area contributed by atoms with Gasteiger partial charge in [0.15, 0.2) is 9.84 Å². The molecule has 0 bridgehead atoms. The highest BCUT2D eigenvalue weighted by atomic mass is 79.9. The minimum Gasteiger partial charge on any atom is -0.224 e. The van der Waals surface area contributed by atoms with Crippen molar-refractivity contribution >= 4 is 41.7 Å². The van der Waals surface area contributed by atoms with Crippen LogP contribution in [0.2, 0.25) is 0 Å². The smallest absolute Gasteiger partial charge is 0.180 e. The maximum atomic E-state index is 12.7. The zero-order valence-electron chi connectivity index (χ0n) is 11.4. The molecule has 0 spiro atoms. The average molecular weight is 424 g/mol. The number of benzene rings is 1. The standard InChI is InChI=1S/C15H20Br2O2S/c16-11-15(9-5-1-2-6-10-15)12-20(18,19)14-8-4-3-7-13(14)17/h3-4,7-8H,1-2,5-6,9-12H2. The summed E-state index contributed by atoms with van der Waals surface area (Å²) >= 11 is 6.93. The third kappa shape index (κ3) is 3.86. The largest absolute Gasteiger partial charge is 0.224 e. The highest BCUT2D eigenvalue weighted by molar-refractivity contribution is 9.10. The predicted octanol–water partition coefficient (Wildman–Crippen LogP) is 4.96. The van der Waals surface area contributed by atoms with Crippen molar-refractivity contribution < 1.29 is 8.42 Å². The van der Waals surface area contributed by atoms with Crippen molar-refractivity contribution in [3.8, 4) is 0 Å². The first-order chi connectivity index (χ1) is 9.49. The number of sulfone groups is 1. The molecular formula is C15H20Br2O2S. The molecule has 2 rings (SSSR count). The summed E-state index contributed by atoms with van der Waals surface area (Å²) in [5.41, 5.74) is -0.107. The number of hydrogen-bond donors (Lipinski definition) is 0. The summed E-state index contributed by atoms with van der Waals surface area (Å²) in [6.07, 6.45) is 6.73. The third-order valence-corrected chi connectivity index (χ3v) is 8.28. The predicted molar refractivity (Wildman–Crippen MR) is 90.1 cm³/mol. The first kappa shape index (κ1) is 16.5. The topological polar surface area (TPSA) is 34.1 Å². The number of rotatable bonds is 4. The van der Waals surface area contributed by atoms with Gasteiger partial charge in [0.2, 0.25) is 0 Å². The van der Waals surface area contributed by atoms with Crippen LogP contribution >= 0.6 is 31.9 Å². The number of hydrogen-bond acceptors (Lipinski definition) is 2. The van der Waals surface area contributed by atoms with Gasteiger partial charge in [-0.1, -0.05) is 53.7 Å². The molecule has 1 aliphatic carbocycles. The molecule has 0 heterocycles. The summed E-state index contributed by atoms with van der Waals surface area (Å²) in [5, 5.41) is 0.768. The first-order valence-corrected chi connectivity index (χ1v) is 10.6. The van der Waals surface area contributed by atoms with Crippen LogP contribution in [0.15, 0.2) is 33.6 Å². The molecule has 1 aromatic rings. The highest BCUT2D eigenvalue weighted by Crippen LogP contribution is 2.39. The van der Waals surface area contributed by atoms with E-state index in [9.17, 15) is 8.42 Å². The van der Waals surface area contributed by atoms with Gasteiger partial charge in [0.25, 0.3) is 0 Å². The van der Waals surface area contributed by atoms with Crippen molar-refractivity contribution in [3.63, 3.8) is 0 Å². The van der Waals surface area contributed by atoms with Crippen LogP contribution in [-0.2, 0) is 9.84 Å². The van der Waals surface area contributed by atoms with Crippen molar-refractivity contribution in [3.05, 3.63) is 28.7 Å². The molecule has 1 fully saturated rings. The van der Waals surface area contributed by atoms with Gasteiger partial charge in [-0.05, 0) is 46.3 Å². The minimum atomic E-state index is -3.25. The zero-order chi connectivity index (χ0) is 14.6. The lowest BCUT2D eigenvalue weighted by Crippen LogP contribution is -2.31. The molecule has 2 nitrogen and oxygen atoms in total. The molecule has 0 saturated heterocycles. The van der Waals surface area contributed by atoms with Gasteiger partial charge in [0.05, 0.1) is 10.6 Å². The van der Waals surface area contributed by atoms with Gasteiger partial charge in [-0.2, -0.15) is 0 Å². The van der Waals surface area contributed by atoms with Gasteiger partial charge in [-0.15, -0.1) is 0 Å². The van der Waals surface area contributed by atoms with E-state index < -0.39 is 9.84 Å². The Kier molecular flexibility index (Phi) is 5.71. The molecule has 5 heteroatoms. The molecule has 1 saturated carbocycles. The lowest BCUT2D eigenvalue weighted by atomic mass is 9.85. The van der Waals surface area contributed by atoms with Crippen molar-refractivity contribution in [1.29, 1.82) is 0 Å². The molecule has 1 aliphatic rings. The van der Waals surface area contributed by atoms with Gasteiger partial charge in [-0.25, -0.2) is 8.42 Å². The summed E-state index contributed by atoms with van der Waals surface area (Å²) in [4.78, 5) is 0.421. The lowest BCUT2D eigenvalue weighted by molar-refractivity contribution is 0.327. The van der Waals surface area contributed by atoms with E-state index in [1.807, 2.05) is 6.07 Å². The third-order valence-electron chi connectivity index (χ3n) is 4.12. The first-order valence-electron chi connectivity index (χ1n) is 7.02. The molecule has 0 N–H and O–H groups in total. The molecule has 0 radical (unpaired) electrons. The van der Waals surface area contributed by atoms with E-state index in [-0.39, 0.29) is 11.2 Å². The number of alkyl halides is 1. The minimum absolute atomic E-state index is 0.107. The fraction of sp³-hybridized carbons (Fsp3) is 0.600. The van der Waals surface area contributed by atoms with Crippen LogP contribution in [0.4, 0.5) is 0 Å². The second-order valence-electron chi connectivity index (χ2n) is 5.74. The van der Waals surface area contributed by atoms with Gasteiger partial charge in [0.1, 0.15) is 0 Å². The zero-order valence-corrected chi connectivity index (χ0v) is 15.4. The Balaban J connectivity index is 2.28. The van der Waals surface area contributed by atoms with Crippen molar-refractivity contribution in [1.82, 2.24) is 0 Å². The maximum absolute atomic E-state index is 12.7. The molecule has 0 aliphatic heterocycles. The Labute approximate surface area is 138 Å². The van der Waals surface area contributed by atoms with Crippen LogP contribution in [0.5, 0.6) is 0 Å². The maximum Gasteiger partial charge on any atom is 0.180 e. The summed E-state index contributed by atoms with van der Waals surface area (Å²) in [6.45, 7) is 0. The Morgan fingerprint density at radius 2 is 1.65 bits per heavy atom. The summed E-state index contributed by atoms with van der Waals surface area (Å²) < 4.78 is 26.2. The fourth-order valence-corrected chi connectivity index (χ4v) is 7.02. The summed E-state index contributed by atoms with van der Waals surface area (Å²) in [5.74, 6) is 0.244. The molecule has 0 aromatic heterocycles. The van der Waals surface area contributed by atoms with Gasteiger partial charge >= 0.3 is 0 Å². The summed E-state index contributed by atoms with van der Waals surface area (Å²) in [7, 11) is -3.25. The highest BCUT2D eigenvalue weighted by Gasteiger charge is 2.36. The van der Waals surface area contributed by atoms with Gasteiger partial charge in [-0.3, -0.25) is 0 Å². The molecule has 1 aromatic carbocycles. The second-order valence-corrected chi connectivity index (χ2v) is 9.11. The van der Waals surface area contributed by atoms with Crippen LogP contribution in [0.1, 0.15) is 38.5 Å².